The molecule has 5 heteroatoms. The van der Waals surface area contributed by atoms with Crippen LogP contribution in [-0.2, 0) is 16.0 Å². The molecule has 0 aliphatic carbocycles. The van der Waals surface area contributed by atoms with Crippen LogP contribution in [0.3, 0.4) is 0 Å². The van der Waals surface area contributed by atoms with Gasteiger partial charge in [-0.05, 0) is 37.1 Å². The van der Waals surface area contributed by atoms with Crippen LogP contribution >= 0.6 is 0 Å². The molecule has 0 saturated heterocycles. The zero-order chi connectivity index (χ0) is 17.4. The minimum absolute atomic E-state index is 0.0214. The van der Waals surface area contributed by atoms with Crippen LogP contribution in [0, 0.1) is 0 Å². The number of para-hydroxylation sites is 3. The summed E-state index contributed by atoms with van der Waals surface area (Å²) in [7, 11) is 0. The number of anilines is 3. The molecule has 1 N–H and O–H groups in total. The summed E-state index contributed by atoms with van der Waals surface area (Å²) in [5.74, 6) is -0.0325. The molecule has 128 valence electrons. The number of nitrogens with zero attached hydrogens (tertiary/aromatic N) is 2. The van der Waals surface area contributed by atoms with E-state index in [2.05, 4.69) is 22.3 Å². The number of nitrogens with one attached hydrogen (secondary N) is 1. The zero-order valence-corrected chi connectivity index (χ0v) is 14.2. The predicted molar refractivity (Wildman–Crippen MR) is 99.0 cm³/mol. The van der Waals surface area contributed by atoms with Gasteiger partial charge in [0.25, 0.3) is 0 Å². The second-order valence-corrected chi connectivity index (χ2v) is 6.68. The number of fused-ring (bicyclic) bond motifs is 2. The Hall–Kier alpha value is -2.82. The molecule has 2 aliphatic rings. The predicted octanol–water partition coefficient (Wildman–Crippen LogP) is 2.81. The standard InChI is InChI=1S/C20H21N3O2/c1-14-12-19(24)21-16-7-3-5-9-18(16)23(14)20(25)13-22-11-10-15-6-2-4-8-17(15)22/h2-9,14H,10-13H2,1H3,(H,21,24). The van der Waals surface area contributed by atoms with Gasteiger partial charge >= 0.3 is 0 Å². The van der Waals surface area contributed by atoms with Crippen molar-refractivity contribution in [2.75, 3.05) is 28.2 Å². The van der Waals surface area contributed by atoms with E-state index < -0.39 is 0 Å². The van der Waals surface area contributed by atoms with Crippen molar-refractivity contribution >= 4 is 28.9 Å². The van der Waals surface area contributed by atoms with E-state index in [9.17, 15) is 9.59 Å². The van der Waals surface area contributed by atoms with Gasteiger partial charge in [0.15, 0.2) is 0 Å². The van der Waals surface area contributed by atoms with Gasteiger partial charge in [0, 0.05) is 24.7 Å². The van der Waals surface area contributed by atoms with Gasteiger partial charge in [0.2, 0.25) is 11.8 Å². The van der Waals surface area contributed by atoms with Crippen molar-refractivity contribution in [1.82, 2.24) is 0 Å². The molecule has 2 amide bonds. The van der Waals surface area contributed by atoms with Crippen LogP contribution in [0.2, 0.25) is 0 Å². The first kappa shape index (κ1) is 15.7. The molecule has 2 aromatic carbocycles. The van der Waals surface area contributed by atoms with E-state index >= 15 is 0 Å². The molecule has 0 aromatic heterocycles. The molecule has 0 fully saturated rings. The Balaban J connectivity index is 1.62. The molecular formula is C20H21N3O2. The van der Waals surface area contributed by atoms with Crippen LogP contribution in [0.1, 0.15) is 18.9 Å². The monoisotopic (exact) mass is 335 g/mol. The molecule has 4 rings (SSSR count). The Labute approximate surface area is 147 Å². The van der Waals surface area contributed by atoms with Gasteiger partial charge in [-0.2, -0.15) is 0 Å². The average Bonchev–Trinajstić information content (AvgIpc) is 2.93. The van der Waals surface area contributed by atoms with Gasteiger partial charge in [-0.25, -0.2) is 0 Å². The number of rotatable bonds is 2. The lowest BCUT2D eigenvalue weighted by molar-refractivity contribution is -0.118. The molecule has 0 bridgehead atoms. The van der Waals surface area contributed by atoms with Crippen LogP contribution in [0.15, 0.2) is 48.5 Å². The van der Waals surface area contributed by atoms with Gasteiger partial charge in [-0.15, -0.1) is 0 Å². The summed E-state index contributed by atoms with van der Waals surface area (Å²) in [6, 6.07) is 15.6. The summed E-state index contributed by atoms with van der Waals surface area (Å²) in [6.07, 6.45) is 1.27. The van der Waals surface area contributed by atoms with Gasteiger partial charge in [0.05, 0.1) is 17.9 Å². The third-order valence-electron chi connectivity index (χ3n) is 4.94. The summed E-state index contributed by atoms with van der Waals surface area (Å²) in [4.78, 5) is 29.1. The minimum Gasteiger partial charge on any atom is -0.362 e. The van der Waals surface area contributed by atoms with E-state index in [1.54, 1.807) is 4.90 Å². The molecular weight excluding hydrogens is 314 g/mol. The molecule has 2 aliphatic heterocycles. The third kappa shape index (κ3) is 2.86. The summed E-state index contributed by atoms with van der Waals surface area (Å²) >= 11 is 0. The van der Waals surface area contributed by atoms with Crippen molar-refractivity contribution in [3.63, 3.8) is 0 Å². The van der Waals surface area contributed by atoms with E-state index in [0.29, 0.717) is 18.7 Å². The lowest BCUT2D eigenvalue weighted by Crippen LogP contribution is -2.44. The number of hydrogen-bond donors (Lipinski definition) is 1. The Morgan fingerprint density at radius 1 is 1.12 bits per heavy atom. The highest BCUT2D eigenvalue weighted by Gasteiger charge is 2.31. The highest BCUT2D eigenvalue weighted by Crippen LogP contribution is 2.32. The topological polar surface area (TPSA) is 52.7 Å². The number of benzene rings is 2. The first-order chi connectivity index (χ1) is 12.1. The van der Waals surface area contributed by atoms with Crippen LogP contribution in [0.5, 0.6) is 0 Å². The summed E-state index contributed by atoms with van der Waals surface area (Å²) in [5, 5.41) is 2.90. The lowest BCUT2D eigenvalue weighted by Gasteiger charge is -2.30. The SMILES string of the molecule is CC1CC(=O)Nc2ccccc2N1C(=O)CN1CCc2ccccc21. The summed E-state index contributed by atoms with van der Waals surface area (Å²) < 4.78 is 0. The fourth-order valence-corrected chi connectivity index (χ4v) is 3.78. The van der Waals surface area contributed by atoms with E-state index in [0.717, 1.165) is 24.3 Å². The molecule has 0 spiro atoms. The van der Waals surface area contributed by atoms with Crippen LogP contribution < -0.4 is 15.1 Å². The molecule has 1 unspecified atom stereocenters. The maximum absolute atomic E-state index is 13.1. The van der Waals surface area contributed by atoms with Crippen LogP contribution in [0.4, 0.5) is 17.1 Å². The fraction of sp³-hybridized carbons (Fsp3) is 0.300. The summed E-state index contributed by atoms with van der Waals surface area (Å²) in [5.41, 5.74) is 3.91. The first-order valence-corrected chi connectivity index (χ1v) is 8.67. The van der Waals surface area contributed by atoms with Gasteiger partial charge in [-0.1, -0.05) is 30.3 Å². The first-order valence-electron chi connectivity index (χ1n) is 8.67. The Kier molecular flexibility index (Phi) is 3.92. The molecule has 25 heavy (non-hydrogen) atoms. The van der Waals surface area contributed by atoms with Gasteiger partial charge in [0.1, 0.15) is 0 Å². The maximum atomic E-state index is 13.1. The van der Waals surface area contributed by atoms with Crippen molar-refractivity contribution in [3.8, 4) is 0 Å². The smallest absolute Gasteiger partial charge is 0.246 e. The van der Waals surface area contributed by atoms with Crippen molar-refractivity contribution in [2.45, 2.75) is 25.8 Å². The van der Waals surface area contributed by atoms with Crippen molar-refractivity contribution in [1.29, 1.82) is 0 Å². The molecule has 5 nitrogen and oxygen atoms in total. The molecule has 2 heterocycles. The second-order valence-electron chi connectivity index (χ2n) is 6.68. The Morgan fingerprint density at radius 2 is 1.84 bits per heavy atom. The lowest BCUT2D eigenvalue weighted by atomic mass is 10.1. The fourth-order valence-electron chi connectivity index (χ4n) is 3.78. The van der Waals surface area contributed by atoms with E-state index in [1.807, 2.05) is 43.3 Å². The van der Waals surface area contributed by atoms with Crippen molar-refractivity contribution < 1.29 is 9.59 Å². The number of hydrogen-bond acceptors (Lipinski definition) is 3. The third-order valence-corrected chi connectivity index (χ3v) is 4.94. The number of carbonyl (C=O) groups is 2. The maximum Gasteiger partial charge on any atom is 0.246 e. The number of carbonyl (C=O) groups excluding carboxylic acids is 2. The average molecular weight is 335 g/mol. The van der Waals surface area contributed by atoms with Crippen LogP contribution in [-0.4, -0.2) is 30.9 Å². The van der Waals surface area contributed by atoms with Gasteiger partial charge < -0.3 is 15.1 Å². The minimum atomic E-state index is -0.172. The largest absolute Gasteiger partial charge is 0.362 e. The molecule has 0 saturated carbocycles. The Bertz CT molecular complexity index is 833. The highest BCUT2D eigenvalue weighted by atomic mass is 16.2. The zero-order valence-electron chi connectivity index (χ0n) is 14.2. The van der Waals surface area contributed by atoms with Crippen LogP contribution in [0.25, 0.3) is 0 Å². The quantitative estimate of drug-likeness (QED) is 0.918. The van der Waals surface area contributed by atoms with E-state index in [4.69, 9.17) is 0 Å². The van der Waals surface area contributed by atoms with Gasteiger partial charge in [-0.3, -0.25) is 9.59 Å². The number of amides is 2. The summed E-state index contributed by atoms with van der Waals surface area (Å²) in [6.45, 7) is 3.10. The molecule has 1 atom stereocenters. The van der Waals surface area contributed by atoms with Crippen molar-refractivity contribution in [3.05, 3.63) is 54.1 Å². The van der Waals surface area contributed by atoms with E-state index in [-0.39, 0.29) is 17.9 Å². The van der Waals surface area contributed by atoms with Crippen molar-refractivity contribution in [2.24, 2.45) is 0 Å². The normalized spacial score (nSPS) is 19.1. The molecule has 0 radical (unpaired) electrons. The second kappa shape index (κ2) is 6.24. The highest BCUT2D eigenvalue weighted by molar-refractivity contribution is 6.05. The Morgan fingerprint density at radius 3 is 2.68 bits per heavy atom. The van der Waals surface area contributed by atoms with E-state index in [1.165, 1.54) is 5.56 Å². The molecule has 2 aromatic rings.